The molecule has 0 aliphatic rings. The van der Waals surface area contributed by atoms with Crippen molar-refractivity contribution in [2.45, 2.75) is 26.8 Å². The van der Waals surface area contributed by atoms with Gasteiger partial charge in [-0.3, -0.25) is 0 Å². The predicted octanol–water partition coefficient (Wildman–Crippen LogP) is 4.30. The molecule has 1 atom stereocenters. The third-order valence-corrected chi connectivity index (χ3v) is 3.86. The quantitative estimate of drug-likeness (QED) is 0.889. The SMILES string of the molecule is CCN(c1ccc(C)cc1)C(C)c1ccc(OC)cc1O. The van der Waals surface area contributed by atoms with E-state index in [1.807, 2.05) is 12.1 Å². The molecule has 0 aromatic heterocycles. The maximum atomic E-state index is 10.2. The van der Waals surface area contributed by atoms with Gasteiger partial charge in [-0.2, -0.15) is 0 Å². The van der Waals surface area contributed by atoms with E-state index in [0.717, 1.165) is 17.8 Å². The Bertz CT molecular complexity index is 593. The summed E-state index contributed by atoms with van der Waals surface area (Å²) in [5, 5.41) is 10.2. The molecule has 2 rings (SSSR count). The molecule has 0 spiro atoms. The van der Waals surface area contributed by atoms with E-state index in [2.05, 4.69) is 49.9 Å². The topological polar surface area (TPSA) is 32.7 Å². The van der Waals surface area contributed by atoms with Crippen LogP contribution in [0.25, 0.3) is 0 Å². The summed E-state index contributed by atoms with van der Waals surface area (Å²) in [6.45, 7) is 7.18. The average Bonchev–Trinajstić information content (AvgIpc) is 2.49. The van der Waals surface area contributed by atoms with Crippen LogP contribution in [-0.2, 0) is 0 Å². The Hall–Kier alpha value is -2.16. The maximum absolute atomic E-state index is 10.2. The average molecular weight is 285 g/mol. The van der Waals surface area contributed by atoms with Crippen molar-refractivity contribution < 1.29 is 9.84 Å². The third-order valence-electron chi connectivity index (χ3n) is 3.86. The van der Waals surface area contributed by atoms with Gasteiger partial charge in [0.25, 0.3) is 0 Å². The lowest BCUT2D eigenvalue weighted by Crippen LogP contribution is -2.26. The molecule has 3 heteroatoms. The molecule has 2 aromatic rings. The molecule has 0 aliphatic carbocycles. The minimum atomic E-state index is 0.0867. The van der Waals surface area contributed by atoms with Gasteiger partial charge < -0.3 is 14.7 Å². The summed E-state index contributed by atoms with van der Waals surface area (Å²) < 4.78 is 5.14. The molecular formula is C18H23NO2. The van der Waals surface area contributed by atoms with E-state index in [1.54, 1.807) is 13.2 Å². The molecule has 1 unspecified atom stereocenters. The van der Waals surface area contributed by atoms with Gasteiger partial charge in [0, 0.05) is 23.9 Å². The molecule has 2 aromatic carbocycles. The van der Waals surface area contributed by atoms with Crippen molar-refractivity contribution in [3.05, 3.63) is 53.6 Å². The second-order valence-corrected chi connectivity index (χ2v) is 5.22. The van der Waals surface area contributed by atoms with Crippen LogP contribution in [-0.4, -0.2) is 18.8 Å². The standard InChI is InChI=1S/C18H23NO2/c1-5-19(15-8-6-13(2)7-9-15)14(3)17-11-10-16(21-4)12-18(17)20/h6-12,14,20H,5H2,1-4H3. The summed E-state index contributed by atoms with van der Waals surface area (Å²) in [6, 6.07) is 14.0. The van der Waals surface area contributed by atoms with Crippen LogP contribution >= 0.6 is 0 Å². The van der Waals surface area contributed by atoms with E-state index in [9.17, 15) is 5.11 Å². The van der Waals surface area contributed by atoms with E-state index in [1.165, 1.54) is 5.56 Å². The van der Waals surface area contributed by atoms with Crippen LogP contribution in [0.4, 0.5) is 5.69 Å². The number of ether oxygens (including phenoxy) is 1. The third kappa shape index (κ3) is 3.30. The molecule has 1 N–H and O–H groups in total. The minimum Gasteiger partial charge on any atom is -0.507 e. The fraction of sp³-hybridized carbons (Fsp3) is 0.333. The second-order valence-electron chi connectivity index (χ2n) is 5.22. The fourth-order valence-electron chi connectivity index (χ4n) is 2.59. The first kappa shape index (κ1) is 15.2. The van der Waals surface area contributed by atoms with E-state index in [4.69, 9.17) is 4.74 Å². The van der Waals surface area contributed by atoms with Gasteiger partial charge in [-0.25, -0.2) is 0 Å². The molecule has 0 saturated heterocycles. The number of rotatable bonds is 5. The first-order valence-electron chi connectivity index (χ1n) is 7.27. The molecule has 0 bridgehead atoms. The van der Waals surface area contributed by atoms with Crippen molar-refractivity contribution >= 4 is 5.69 Å². The van der Waals surface area contributed by atoms with Gasteiger partial charge in [-0.15, -0.1) is 0 Å². The van der Waals surface area contributed by atoms with E-state index >= 15 is 0 Å². The smallest absolute Gasteiger partial charge is 0.124 e. The summed E-state index contributed by atoms with van der Waals surface area (Å²) >= 11 is 0. The van der Waals surface area contributed by atoms with Crippen molar-refractivity contribution in [3.63, 3.8) is 0 Å². The van der Waals surface area contributed by atoms with Crippen LogP contribution in [0, 0.1) is 6.92 Å². The molecule has 3 nitrogen and oxygen atoms in total. The first-order chi connectivity index (χ1) is 10.1. The van der Waals surface area contributed by atoms with Crippen LogP contribution in [0.15, 0.2) is 42.5 Å². The van der Waals surface area contributed by atoms with E-state index in [-0.39, 0.29) is 11.8 Å². The molecule has 21 heavy (non-hydrogen) atoms. The Labute approximate surface area is 126 Å². The number of phenolic OH excluding ortho intramolecular Hbond substituents is 1. The van der Waals surface area contributed by atoms with Crippen molar-refractivity contribution in [1.29, 1.82) is 0 Å². The summed E-state index contributed by atoms with van der Waals surface area (Å²) in [5.74, 6) is 0.939. The number of hydrogen-bond donors (Lipinski definition) is 1. The zero-order valence-electron chi connectivity index (χ0n) is 13.1. The lowest BCUT2D eigenvalue weighted by Gasteiger charge is -2.31. The minimum absolute atomic E-state index is 0.0867. The number of anilines is 1. The van der Waals surface area contributed by atoms with Gasteiger partial charge in [0.05, 0.1) is 13.2 Å². The van der Waals surface area contributed by atoms with Crippen molar-refractivity contribution in [1.82, 2.24) is 0 Å². The van der Waals surface area contributed by atoms with Crippen molar-refractivity contribution in [3.8, 4) is 11.5 Å². The lowest BCUT2D eigenvalue weighted by atomic mass is 10.0. The molecule has 0 radical (unpaired) electrons. The lowest BCUT2D eigenvalue weighted by molar-refractivity contribution is 0.405. The van der Waals surface area contributed by atoms with E-state index < -0.39 is 0 Å². The number of aryl methyl sites for hydroxylation is 1. The number of aromatic hydroxyl groups is 1. The second kappa shape index (κ2) is 6.53. The maximum Gasteiger partial charge on any atom is 0.124 e. The zero-order chi connectivity index (χ0) is 15.4. The molecule has 0 saturated carbocycles. The molecule has 112 valence electrons. The van der Waals surface area contributed by atoms with Crippen molar-refractivity contribution in [2.75, 3.05) is 18.6 Å². The summed E-state index contributed by atoms with van der Waals surface area (Å²) in [7, 11) is 1.60. The van der Waals surface area contributed by atoms with Gasteiger partial charge in [-0.1, -0.05) is 17.7 Å². The highest BCUT2D eigenvalue weighted by atomic mass is 16.5. The number of hydrogen-bond acceptors (Lipinski definition) is 3. The molecule has 0 fully saturated rings. The van der Waals surface area contributed by atoms with Gasteiger partial charge in [0.1, 0.15) is 11.5 Å². The number of benzene rings is 2. The Morgan fingerprint density at radius 3 is 2.33 bits per heavy atom. The Balaban J connectivity index is 2.31. The summed E-state index contributed by atoms with van der Waals surface area (Å²) in [4.78, 5) is 2.26. The zero-order valence-corrected chi connectivity index (χ0v) is 13.1. The van der Waals surface area contributed by atoms with Crippen LogP contribution in [0.1, 0.15) is 31.0 Å². The predicted molar refractivity (Wildman–Crippen MR) is 87.3 cm³/mol. The van der Waals surface area contributed by atoms with Gasteiger partial charge >= 0.3 is 0 Å². The molecule has 0 amide bonds. The molecule has 0 heterocycles. The van der Waals surface area contributed by atoms with Crippen molar-refractivity contribution in [2.24, 2.45) is 0 Å². The fourth-order valence-corrected chi connectivity index (χ4v) is 2.59. The largest absolute Gasteiger partial charge is 0.507 e. The van der Waals surface area contributed by atoms with Crippen LogP contribution in [0.3, 0.4) is 0 Å². The summed E-state index contributed by atoms with van der Waals surface area (Å²) in [5.41, 5.74) is 3.30. The Kier molecular flexibility index (Phi) is 4.73. The first-order valence-corrected chi connectivity index (χ1v) is 7.27. The monoisotopic (exact) mass is 285 g/mol. The van der Waals surface area contributed by atoms with Gasteiger partial charge in [-0.05, 0) is 45.0 Å². The summed E-state index contributed by atoms with van der Waals surface area (Å²) in [6.07, 6.45) is 0. The number of methoxy groups -OCH3 is 1. The van der Waals surface area contributed by atoms with Gasteiger partial charge in [0.2, 0.25) is 0 Å². The Morgan fingerprint density at radius 2 is 1.81 bits per heavy atom. The molecule has 0 aliphatic heterocycles. The number of phenols is 1. The van der Waals surface area contributed by atoms with Crippen LogP contribution in [0.2, 0.25) is 0 Å². The normalized spacial score (nSPS) is 12.0. The van der Waals surface area contributed by atoms with E-state index in [0.29, 0.717) is 5.75 Å². The molecular weight excluding hydrogens is 262 g/mol. The Morgan fingerprint density at radius 1 is 1.14 bits per heavy atom. The highest BCUT2D eigenvalue weighted by Crippen LogP contribution is 2.34. The highest BCUT2D eigenvalue weighted by Gasteiger charge is 2.18. The number of nitrogens with zero attached hydrogens (tertiary/aromatic N) is 1. The van der Waals surface area contributed by atoms with Gasteiger partial charge in [0.15, 0.2) is 0 Å². The van der Waals surface area contributed by atoms with Crippen LogP contribution in [0.5, 0.6) is 11.5 Å². The van der Waals surface area contributed by atoms with Crippen LogP contribution < -0.4 is 9.64 Å². The highest BCUT2D eigenvalue weighted by molar-refractivity contribution is 5.52.